The first-order chi connectivity index (χ1) is 8.04. The van der Waals surface area contributed by atoms with Gasteiger partial charge in [0.2, 0.25) is 0 Å². The van der Waals surface area contributed by atoms with Crippen LogP contribution in [0.4, 0.5) is 0 Å². The van der Waals surface area contributed by atoms with Crippen molar-refractivity contribution >= 4 is 5.97 Å². The summed E-state index contributed by atoms with van der Waals surface area (Å²) in [7, 11) is 0. The van der Waals surface area contributed by atoms with E-state index in [4.69, 9.17) is 10.5 Å². The minimum atomic E-state index is -0.537. The quantitative estimate of drug-likeness (QED) is 0.796. The Kier molecular flexibility index (Phi) is 5.16. The average Bonchev–Trinajstić information content (AvgIpc) is 2.35. The lowest BCUT2D eigenvalue weighted by molar-refractivity contribution is -0.147. The summed E-state index contributed by atoms with van der Waals surface area (Å²) in [5.41, 5.74) is 7.96. The van der Waals surface area contributed by atoms with Gasteiger partial charge in [0.05, 0.1) is 0 Å². The lowest BCUT2D eigenvalue weighted by Gasteiger charge is -2.14. The van der Waals surface area contributed by atoms with Gasteiger partial charge in [0.1, 0.15) is 12.6 Å². The number of hydrogen-bond acceptors (Lipinski definition) is 3. The lowest BCUT2D eigenvalue weighted by Crippen LogP contribution is -2.36. The van der Waals surface area contributed by atoms with Crippen molar-refractivity contribution in [2.45, 2.75) is 39.8 Å². The zero-order valence-corrected chi connectivity index (χ0v) is 10.8. The van der Waals surface area contributed by atoms with Crippen molar-refractivity contribution < 1.29 is 9.53 Å². The molecule has 0 saturated carbocycles. The van der Waals surface area contributed by atoms with Gasteiger partial charge in [0.15, 0.2) is 0 Å². The Hall–Kier alpha value is -1.35. The van der Waals surface area contributed by atoms with Crippen molar-refractivity contribution in [1.29, 1.82) is 0 Å². The van der Waals surface area contributed by atoms with Crippen molar-refractivity contribution in [3.05, 3.63) is 35.4 Å². The van der Waals surface area contributed by atoms with E-state index in [1.165, 1.54) is 5.56 Å². The molecule has 1 atom stereocenters. The Morgan fingerprint density at radius 2 is 1.76 bits per heavy atom. The van der Waals surface area contributed by atoms with Gasteiger partial charge >= 0.3 is 5.97 Å². The Morgan fingerprint density at radius 3 is 2.24 bits per heavy atom. The molecule has 0 saturated heterocycles. The van der Waals surface area contributed by atoms with Gasteiger partial charge < -0.3 is 10.5 Å². The van der Waals surface area contributed by atoms with Crippen LogP contribution < -0.4 is 5.73 Å². The summed E-state index contributed by atoms with van der Waals surface area (Å²) in [4.78, 5) is 11.5. The summed E-state index contributed by atoms with van der Waals surface area (Å²) >= 11 is 0. The summed E-state index contributed by atoms with van der Waals surface area (Å²) in [6.45, 7) is 6.21. The molecule has 1 rings (SSSR count). The lowest BCUT2D eigenvalue weighted by atomic mass is 10.1. The summed E-state index contributed by atoms with van der Waals surface area (Å²) in [6.07, 6.45) is 1.01. The molecule has 0 aliphatic heterocycles. The van der Waals surface area contributed by atoms with E-state index >= 15 is 0 Å². The number of hydrogen-bond donors (Lipinski definition) is 1. The van der Waals surface area contributed by atoms with E-state index in [0.29, 0.717) is 6.61 Å². The molecule has 0 aliphatic rings. The topological polar surface area (TPSA) is 52.3 Å². The molecule has 0 aliphatic carbocycles. The Balaban J connectivity index is 2.47. The molecule has 0 amide bonds. The number of aryl methyl sites for hydroxylation is 1. The minimum Gasteiger partial charge on any atom is -0.460 e. The molecule has 0 heterocycles. The molecule has 1 aromatic carbocycles. The van der Waals surface area contributed by atoms with E-state index in [-0.39, 0.29) is 11.9 Å². The molecule has 94 valence electrons. The van der Waals surface area contributed by atoms with Crippen molar-refractivity contribution in [2.75, 3.05) is 0 Å². The van der Waals surface area contributed by atoms with Crippen LogP contribution in [0.5, 0.6) is 0 Å². The van der Waals surface area contributed by atoms with Crippen molar-refractivity contribution in [2.24, 2.45) is 11.7 Å². The number of rotatable bonds is 5. The maximum absolute atomic E-state index is 11.5. The van der Waals surface area contributed by atoms with Gasteiger partial charge in [-0.2, -0.15) is 0 Å². The number of carbonyl (C=O) groups excluding carboxylic acids is 1. The zero-order chi connectivity index (χ0) is 12.8. The summed E-state index contributed by atoms with van der Waals surface area (Å²) in [5, 5.41) is 0. The van der Waals surface area contributed by atoms with Gasteiger partial charge in [-0.1, -0.05) is 45.0 Å². The monoisotopic (exact) mass is 235 g/mol. The molecular weight excluding hydrogens is 214 g/mol. The normalized spacial score (nSPS) is 12.5. The second-order valence-corrected chi connectivity index (χ2v) is 4.55. The Bertz CT molecular complexity index is 357. The van der Waals surface area contributed by atoms with E-state index in [1.54, 1.807) is 0 Å². The predicted octanol–water partition coefficient (Wildman–Crippen LogP) is 2.28. The van der Waals surface area contributed by atoms with Crippen molar-refractivity contribution in [3.63, 3.8) is 0 Å². The molecule has 3 heteroatoms. The van der Waals surface area contributed by atoms with Crippen LogP contribution >= 0.6 is 0 Å². The molecular formula is C14H21NO2. The maximum atomic E-state index is 11.5. The fraction of sp³-hybridized carbons (Fsp3) is 0.500. The van der Waals surface area contributed by atoms with Crippen LogP contribution in [0.15, 0.2) is 24.3 Å². The van der Waals surface area contributed by atoms with Crippen LogP contribution in [-0.2, 0) is 22.6 Å². The molecule has 3 nitrogen and oxygen atoms in total. The molecule has 0 bridgehead atoms. The van der Waals surface area contributed by atoms with Crippen LogP contribution in [0.1, 0.15) is 31.9 Å². The van der Waals surface area contributed by atoms with Crippen molar-refractivity contribution in [1.82, 2.24) is 0 Å². The highest BCUT2D eigenvalue weighted by atomic mass is 16.5. The molecule has 1 aromatic rings. The van der Waals surface area contributed by atoms with Gasteiger partial charge in [-0.05, 0) is 23.5 Å². The summed E-state index contributed by atoms with van der Waals surface area (Å²) in [6, 6.07) is 7.52. The first-order valence-electron chi connectivity index (χ1n) is 6.04. The summed E-state index contributed by atoms with van der Waals surface area (Å²) < 4.78 is 5.16. The van der Waals surface area contributed by atoms with Crippen LogP contribution in [0.25, 0.3) is 0 Å². The fourth-order valence-corrected chi connectivity index (χ4v) is 1.39. The smallest absolute Gasteiger partial charge is 0.323 e. The molecule has 0 fully saturated rings. The number of nitrogens with two attached hydrogens (primary N) is 1. The van der Waals surface area contributed by atoms with Crippen LogP contribution in [0.2, 0.25) is 0 Å². The van der Waals surface area contributed by atoms with E-state index in [0.717, 1.165) is 12.0 Å². The number of ether oxygens (including phenoxy) is 1. The molecule has 2 N–H and O–H groups in total. The number of benzene rings is 1. The maximum Gasteiger partial charge on any atom is 0.323 e. The summed E-state index contributed by atoms with van der Waals surface area (Å²) in [5.74, 6) is -0.232. The van der Waals surface area contributed by atoms with Gasteiger partial charge in [-0.25, -0.2) is 0 Å². The molecule has 0 radical (unpaired) electrons. The van der Waals surface area contributed by atoms with E-state index in [2.05, 4.69) is 6.92 Å². The third-order valence-electron chi connectivity index (χ3n) is 2.80. The highest BCUT2D eigenvalue weighted by Gasteiger charge is 2.18. The Labute approximate surface area is 103 Å². The van der Waals surface area contributed by atoms with Crippen LogP contribution in [0.3, 0.4) is 0 Å². The third-order valence-corrected chi connectivity index (χ3v) is 2.80. The van der Waals surface area contributed by atoms with Gasteiger partial charge in [-0.3, -0.25) is 4.79 Å². The second-order valence-electron chi connectivity index (χ2n) is 4.55. The average molecular weight is 235 g/mol. The number of carbonyl (C=O) groups is 1. The van der Waals surface area contributed by atoms with E-state index in [9.17, 15) is 4.79 Å². The molecule has 1 unspecified atom stereocenters. The minimum absolute atomic E-state index is 0.102. The third kappa shape index (κ3) is 4.19. The van der Waals surface area contributed by atoms with Gasteiger partial charge in [0.25, 0.3) is 0 Å². The van der Waals surface area contributed by atoms with E-state index in [1.807, 2.05) is 38.1 Å². The second kappa shape index (κ2) is 6.40. The first kappa shape index (κ1) is 13.7. The molecule has 17 heavy (non-hydrogen) atoms. The highest BCUT2D eigenvalue weighted by molar-refractivity contribution is 5.75. The Morgan fingerprint density at radius 1 is 1.24 bits per heavy atom. The highest BCUT2D eigenvalue weighted by Crippen LogP contribution is 2.08. The largest absolute Gasteiger partial charge is 0.460 e. The fourth-order valence-electron chi connectivity index (χ4n) is 1.39. The predicted molar refractivity (Wildman–Crippen MR) is 68.4 cm³/mol. The van der Waals surface area contributed by atoms with E-state index < -0.39 is 6.04 Å². The van der Waals surface area contributed by atoms with Gasteiger partial charge in [-0.15, -0.1) is 0 Å². The van der Waals surface area contributed by atoms with Crippen LogP contribution in [-0.4, -0.2) is 12.0 Å². The van der Waals surface area contributed by atoms with Crippen molar-refractivity contribution in [3.8, 4) is 0 Å². The number of esters is 1. The van der Waals surface area contributed by atoms with Crippen LogP contribution in [0, 0.1) is 5.92 Å². The standard InChI is InChI=1S/C14H21NO2/c1-4-11-5-7-12(8-6-11)9-17-14(16)13(15)10(2)3/h5-8,10,13H,4,9,15H2,1-3H3. The SMILES string of the molecule is CCc1ccc(COC(=O)C(N)C(C)C)cc1. The van der Waals surface area contributed by atoms with Gasteiger partial charge in [0, 0.05) is 0 Å². The molecule has 0 spiro atoms. The first-order valence-corrected chi connectivity index (χ1v) is 6.04. The molecule has 0 aromatic heterocycles. The zero-order valence-electron chi connectivity index (χ0n) is 10.8.